The standard InChI is InChI=1S/C28H37NO2S/c30-32(31,23-24-15-8-7-9-16-24)29-22-14-20-25-17-12-13-21-27(25)28(29)26-18-10-5-3-1-2-4-6-11-19-26/h7-9,12-17,20-21,26,28H,1-6,10-11,18-19,22-23H2/t28-/m1/s1. The predicted octanol–water partition coefficient (Wildman–Crippen LogP) is 7.12. The first-order valence-corrected chi connectivity index (χ1v) is 14.0. The number of sulfonamides is 1. The molecular weight excluding hydrogens is 414 g/mol. The number of nitrogens with zero attached hydrogens (tertiary/aromatic N) is 1. The Bertz CT molecular complexity index is 972. The molecule has 0 unspecified atom stereocenters. The van der Waals surface area contributed by atoms with Gasteiger partial charge in [0.2, 0.25) is 10.0 Å². The molecule has 4 heteroatoms. The van der Waals surface area contributed by atoms with Crippen LogP contribution >= 0.6 is 0 Å². The van der Waals surface area contributed by atoms with Crippen molar-refractivity contribution in [3.63, 3.8) is 0 Å². The van der Waals surface area contributed by atoms with Crippen molar-refractivity contribution in [1.29, 1.82) is 0 Å². The highest BCUT2D eigenvalue weighted by molar-refractivity contribution is 7.88. The lowest BCUT2D eigenvalue weighted by molar-refractivity contribution is 0.223. The Hall–Kier alpha value is -1.91. The fourth-order valence-corrected chi connectivity index (χ4v) is 7.19. The molecule has 3 nitrogen and oxygen atoms in total. The average Bonchev–Trinajstić information content (AvgIpc) is 3.02. The van der Waals surface area contributed by atoms with Crippen LogP contribution in [-0.2, 0) is 15.8 Å². The summed E-state index contributed by atoms with van der Waals surface area (Å²) in [4.78, 5) is 0. The maximum Gasteiger partial charge on any atom is 0.219 e. The lowest BCUT2D eigenvalue weighted by Crippen LogP contribution is -2.39. The molecule has 0 bridgehead atoms. The summed E-state index contributed by atoms with van der Waals surface area (Å²) in [5, 5.41) is 0. The van der Waals surface area contributed by atoms with Crippen molar-refractivity contribution in [2.45, 2.75) is 76.0 Å². The van der Waals surface area contributed by atoms with Crippen LogP contribution in [0.2, 0.25) is 0 Å². The van der Waals surface area contributed by atoms with Gasteiger partial charge in [0, 0.05) is 6.54 Å². The summed E-state index contributed by atoms with van der Waals surface area (Å²) < 4.78 is 29.4. The lowest BCUT2D eigenvalue weighted by Gasteiger charge is -2.36. The molecule has 0 amide bonds. The summed E-state index contributed by atoms with van der Waals surface area (Å²) in [6.45, 7) is 0.449. The van der Waals surface area contributed by atoms with Crippen LogP contribution in [0.15, 0.2) is 60.7 Å². The number of rotatable bonds is 4. The van der Waals surface area contributed by atoms with Gasteiger partial charge in [-0.15, -0.1) is 0 Å². The van der Waals surface area contributed by atoms with Crippen LogP contribution in [0.3, 0.4) is 0 Å². The van der Waals surface area contributed by atoms with Crippen molar-refractivity contribution in [2.24, 2.45) is 5.92 Å². The van der Waals surface area contributed by atoms with Gasteiger partial charge in [0.15, 0.2) is 0 Å². The summed E-state index contributed by atoms with van der Waals surface area (Å²) >= 11 is 0. The molecule has 2 aromatic rings. The second-order valence-corrected chi connectivity index (χ2v) is 11.4. The second kappa shape index (κ2) is 11.3. The van der Waals surface area contributed by atoms with Gasteiger partial charge in [0.05, 0.1) is 11.8 Å². The minimum Gasteiger partial charge on any atom is -0.212 e. The van der Waals surface area contributed by atoms with Gasteiger partial charge >= 0.3 is 0 Å². The fraction of sp³-hybridized carbons (Fsp3) is 0.500. The van der Waals surface area contributed by atoms with Crippen LogP contribution in [-0.4, -0.2) is 19.3 Å². The molecule has 0 saturated heterocycles. The Morgan fingerprint density at radius 2 is 1.34 bits per heavy atom. The first-order valence-electron chi connectivity index (χ1n) is 12.4. The topological polar surface area (TPSA) is 37.4 Å². The van der Waals surface area contributed by atoms with E-state index < -0.39 is 10.0 Å². The summed E-state index contributed by atoms with van der Waals surface area (Å²) in [6, 6.07) is 18.0. The van der Waals surface area contributed by atoms with E-state index in [1.54, 1.807) is 0 Å². The van der Waals surface area contributed by atoms with E-state index in [4.69, 9.17) is 0 Å². The molecule has 0 radical (unpaired) electrons. The van der Waals surface area contributed by atoms with E-state index in [9.17, 15) is 8.42 Å². The molecule has 172 valence electrons. The Kier molecular flexibility index (Phi) is 8.20. The van der Waals surface area contributed by atoms with Crippen LogP contribution in [0.5, 0.6) is 0 Å². The van der Waals surface area contributed by atoms with Crippen molar-refractivity contribution in [2.75, 3.05) is 6.54 Å². The van der Waals surface area contributed by atoms with Gasteiger partial charge in [0.1, 0.15) is 0 Å². The molecule has 1 aliphatic heterocycles. The van der Waals surface area contributed by atoms with Crippen LogP contribution < -0.4 is 0 Å². The maximum absolute atomic E-state index is 13.8. The molecule has 0 N–H and O–H groups in total. The third-order valence-electron chi connectivity index (χ3n) is 7.10. The number of hydrogen-bond donors (Lipinski definition) is 0. The van der Waals surface area contributed by atoms with Crippen LogP contribution in [0.1, 0.15) is 86.9 Å². The van der Waals surface area contributed by atoms with Gasteiger partial charge in [-0.3, -0.25) is 0 Å². The molecule has 4 rings (SSSR count). The number of fused-ring (bicyclic) bond motifs is 1. The molecule has 32 heavy (non-hydrogen) atoms. The Labute approximate surface area is 194 Å². The average molecular weight is 452 g/mol. The van der Waals surface area contributed by atoms with Gasteiger partial charge < -0.3 is 0 Å². The minimum atomic E-state index is -3.46. The van der Waals surface area contributed by atoms with Crippen LogP contribution in [0.4, 0.5) is 0 Å². The van der Waals surface area contributed by atoms with Crippen LogP contribution in [0.25, 0.3) is 6.08 Å². The SMILES string of the molecule is O=S(=O)(Cc1ccccc1)N1CC=Cc2ccccc2[C@H]1C1CCCCCCCCCC1. The molecule has 1 aliphatic carbocycles. The zero-order chi connectivity index (χ0) is 22.2. The van der Waals surface area contributed by atoms with Gasteiger partial charge in [0.25, 0.3) is 0 Å². The second-order valence-electron chi connectivity index (χ2n) is 9.45. The minimum absolute atomic E-state index is 0.0626. The van der Waals surface area contributed by atoms with Crippen molar-refractivity contribution < 1.29 is 8.42 Å². The summed E-state index contributed by atoms with van der Waals surface area (Å²) in [5.41, 5.74) is 3.21. The van der Waals surface area contributed by atoms with Crippen molar-refractivity contribution >= 4 is 16.1 Å². The zero-order valence-corrected chi connectivity index (χ0v) is 20.0. The van der Waals surface area contributed by atoms with Crippen LogP contribution in [0, 0.1) is 5.92 Å². The van der Waals surface area contributed by atoms with Crippen molar-refractivity contribution in [3.8, 4) is 0 Å². The molecule has 2 aromatic carbocycles. The number of hydrogen-bond acceptors (Lipinski definition) is 2. The Morgan fingerprint density at radius 3 is 2.03 bits per heavy atom. The third-order valence-corrected chi connectivity index (χ3v) is 8.89. The summed E-state index contributed by atoms with van der Waals surface area (Å²) in [7, 11) is -3.46. The maximum atomic E-state index is 13.8. The van der Waals surface area contributed by atoms with E-state index in [0.717, 1.165) is 18.4 Å². The number of benzene rings is 2. The van der Waals surface area contributed by atoms with Gasteiger partial charge in [-0.1, -0.05) is 118 Å². The molecule has 0 aromatic heterocycles. The van der Waals surface area contributed by atoms with E-state index >= 15 is 0 Å². The quantitative estimate of drug-likeness (QED) is 0.496. The van der Waals surface area contributed by atoms with E-state index in [-0.39, 0.29) is 11.8 Å². The van der Waals surface area contributed by atoms with Crippen molar-refractivity contribution in [1.82, 2.24) is 4.31 Å². The van der Waals surface area contributed by atoms with E-state index in [1.165, 1.54) is 62.5 Å². The van der Waals surface area contributed by atoms with Gasteiger partial charge in [-0.25, -0.2) is 8.42 Å². The Balaban J connectivity index is 1.69. The molecule has 1 atom stereocenters. The first kappa shape index (κ1) is 23.3. The smallest absolute Gasteiger partial charge is 0.212 e. The Morgan fingerprint density at radius 1 is 0.750 bits per heavy atom. The fourth-order valence-electron chi connectivity index (χ4n) is 5.46. The van der Waals surface area contributed by atoms with E-state index in [1.807, 2.05) is 40.7 Å². The highest BCUT2D eigenvalue weighted by Gasteiger charge is 2.37. The largest absolute Gasteiger partial charge is 0.219 e. The predicted molar refractivity (Wildman–Crippen MR) is 134 cm³/mol. The van der Waals surface area contributed by atoms with E-state index in [0.29, 0.717) is 12.5 Å². The molecular formula is C28H37NO2S. The third kappa shape index (κ3) is 5.90. The highest BCUT2D eigenvalue weighted by atomic mass is 32.2. The van der Waals surface area contributed by atoms with Gasteiger partial charge in [-0.2, -0.15) is 4.31 Å². The molecule has 0 spiro atoms. The summed E-state index contributed by atoms with van der Waals surface area (Å²) in [5.74, 6) is 0.423. The normalized spacial score (nSPS) is 21.9. The lowest BCUT2D eigenvalue weighted by atomic mass is 9.83. The van der Waals surface area contributed by atoms with Gasteiger partial charge in [-0.05, 0) is 35.4 Å². The molecule has 1 saturated carbocycles. The highest BCUT2D eigenvalue weighted by Crippen LogP contribution is 2.41. The molecule has 2 aliphatic rings. The molecule has 1 heterocycles. The first-order chi connectivity index (χ1) is 15.6. The molecule has 1 fully saturated rings. The zero-order valence-electron chi connectivity index (χ0n) is 19.2. The van der Waals surface area contributed by atoms with Crippen molar-refractivity contribution in [3.05, 3.63) is 77.4 Å². The monoisotopic (exact) mass is 451 g/mol. The van der Waals surface area contributed by atoms with E-state index in [2.05, 4.69) is 30.3 Å². The summed E-state index contributed by atoms with van der Waals surface area (Å²) in [6.07, 6.45) is 16.6.